The number of hydrogen-bond donors (Lipinski definition) is 1. The van der Waals surface area contributed by atoms with Crippen LogP contribution in [0.5, 0.6) is 11.5 Å². The number of methoxy groups -OCH3 is 1. The highest BCUT2D eigenvalue weighted by Gasteiger charge is 2.08. The van der Waals surface area contributed by atoms with Gasteiger partial charge in [-0.1, -0.05) is 17.7 Å². The van der Waals surface area contributed by atoms with Crippen LogP contribution in [0.4, 0.5) is 0 Å². The zero-order valence-corrected chi connectivity index (χ0v) is 10.5. The number of benzene rings is 2. The van der Waals surface area contributed by atoms with E-state index in [1.807, 2.05) is 25.1 Å². The van der Waals surface area contributed by atoms with Gasteiger partial charge in [-0.05, 0) is 48.4 Å². The number of rotatable bonds is 2. The number of aromatic hydroxyl groups is 1. The molecule has 0 fully saturated rings. The first-order chi connectivity index (χ1) is 8.11. The van der Waals surface area contributed by atoms with Crippen molar-refractivity contribution in [3.8, 4) is 22.6 Å². The van der Waals surface area contributed by atoms with Crippen LogP contribution in [0.15, 0.2) is 36.4 Å². The molecule has 88 valence electrons. The lowest BCUT2D eigenvalue weighted by molar-refractivity contribution is 0.414. The van der Waals surface area contributed by atoms with Crippen molar-refractivity contribution in [1.29, 1.82) is 0 Å². The molecule has 0 aliphatic heterocycles. The number of phenols is 1. The standard InChI is InChI=1S/C14H13ClO2/c1-9-7-11(17-2)4-5-12(9)13-8-10(15)3-6-14(13)16/h3-8,16H,1-2H3. The predicted octanol–water partition coefficient (Wildman–Crippen LogP) is 4.03. The van der Waals surface area contributed by atoms with E-state index in [2.05, 4.69) is 0 Å². The van der Waals surface area contributed by atoms with Gasteiger partial charge in [0.05, 0.1) is 7.11 Å². The lowest BCUT2D eigenvalue weighted by atomic mass is 9.99. The monoisotopic (exact) mass is 248 g/mol. The van der Waals surface area contributed by atoms with E-state index in [0.717, 1.165) is 22.4 Å². The molecular formula is C14H13ClO2. The Balaban J connectivity index is 2.56. The molecule has 2 nitrogen and oxygen atoms in total. The average molecular weight is 249 g/mol. The van der Waals surface area contributed by atoms with E-state index in [1.165, 1.54) is 0 Å². The van der Waals surface area contributed by atoms with E-state index in [-0.39, 0.29) is 5.75 Å². The summed E-state index contributed by atoms with van der Waals surface area (Å²) in [5, 5.41) is 10.5. The fourth-order valence-electron chi connectivity index (χ4n) is 1.79. The molecule has 2 rings (SSSR count). The molecule has 3 heteroatoms. The second kappa shape index (κ2) is 4.68. The molecule has 0 heterocycles. The molecule has 0 saturated carbocycles. The minimum absolute atomic E-state index is 0.225. The molecule has 0 aliphatic rings. The average Bonchev–Trinajstić information content (AvgIpc) is 2.32. The Labute approximate surface area is 105 Å². The summed E-state index contributed by atoms with van der Waals surface area (Å²) in [7, 11) is 1.63. The van der Waals surface area contributed by atoms with Crippen molar-refractivity contribution in [1.82, 2.24) is 0 Å². The Bertz CT molecular complexity index is 550. The molecular weight excluding hydrogens is 236 g/mol. The van der Waals surface area contributed by atoms with Gasteiger partial charge in [0.15, 0.2) is 0 Å². The van der Waals surface area contributed by atoms with E-state index in [9.17, 15) is 5.11 Å². The number of aryl methyl sites for hydroxylation is 1. The summed E-state index contributed by atoms with van der Waals surface area (Å²) in [6.07, 6.45) is 0. The van der Waals surface area contributed by atoms with Gasteiger partial charge >= 0.3 is 0 Å². The second-order valence-electron chi connectivity index (χ2n) is 3.84. The molecule has 0 unspecified atom stereocenters. The molecule has 0 atom stereocenters. The zero-order chi connectivity index (χ0) is 12.4. The molecule has 0 amide bonds. The second-order valence-corrected chi connectivity index (χ2v) is 4.28. The van der Waals surface area contributed by atoms with Gasteiger partial charge in [-0.2, -0.15) is 0 Å². The maximum Gasteiger partial charge on any atom is 0.123 e. The first-order valence-electron chi connectivity index (χ1n) is 5.25. The van der Waals surface area contributed by atoms with Crippen LogP contribution in [0, 0.1) is 6.92 Å². The summed E-state index contributed by atoms with van der Waals surface area (Å²) < 4.78 is 5.15. The van der Waals surface area contributed by atoms with Crippen LogP contribution < -0.4 is 4.74 Å². The van der Waals surface area contributed by atoms with Gasteiger partial charge < -0.3 is 9.84 Å². The Morgan fingerprint density at radius 2 is 1.82 bits per heavy atom. The normalized spacial score (nSPS) is 10.3. The molecule has 0 aromatic heterocycles. The summed E-state index contributed by atoms with van der Waals surface area (Å²) in [5.74, 6) is 1.02. The molecule has 1 N–H and O–H groups in total. The minimum Gasteiger partial charge on any atom is -0.507 e. The van der Waals surface area contributed by atoms with Gasteiger partial charge in [-0.25, -0.2) is 0 Å². The van der Waals surface area contributed by atoms with Crippen molar-refractivity contribution in [2.24, 2.45) is 0 Å². The molecule has 0 bridgehead atoms. The van der Waals surface area contributed by atoms with Gasteiger partial charge in [-0.3, -0.25) is 0 Å². The number of hydrogen-bond acceptors (Lipinski definition) is 2. The highest BCUT2D eigenvalue weighted by molar-refractivity contribution is 6.31. The molecule has 0 aliphatic carbocycles. The van der Waals surface area contributed by atoms with Crippen LogP contribution in [0.25, 0.3) is 11.1 Å². The molecule has 0 radical (unpaired) electrons. The van der Waals surface area contributed by atoms with Crippen molar-refractivity contribution in [2.45, 2.75) is 6.92 Å². The molecule has 2 aromatic carbocycles. The van der Waals surface area contributed by atoms with E-state index >= 15 is 0 Å². The lowest BCUT2D eigenvalue weighted by Crippen LogP contribution is -1.87. The van der Waals surface area contributed by atoms with Gasteiger partial charge in [0.1, 0.15) is 11.5 Å². The van der Waals surface area contributed by atoms with Crippen molar-refractivity contribution >= 4 is 11.6 Å². The molecule has 0 spiro atoms. The third kappa shape index (κ3) is 2.37. The van der Waals surface area contributed by atoms with E-state index in [1.54, 1.807) is 25.3 Å². The third-order valence-electron chi connectivity index (χ3n) is 2.68. The molecule has 2 aromatic rings. The van der Waals surface area contributed by atoms with Crippen molar-refractivity contribution in [3.63, 3.8) is 0 Å². The number of ether oxygens (including phenoxy) is 1. The van der Waals surface area contributed by atoms with Crippen LogP contribution in [0.1, 0.15) is 5.56 Å². The van der Waals surface area contributed by atoms with Gasteiger partial charge in [-0.15, -0.1) is 0 Å². The van der Waals surface area contributed by atoms with Gasteiger partial charge in [0.25, 0.3) is 0 Å². The summed E-state index contributed by atoms with van der Waals surface area (Å²) in [5.41, 5.74) is 2.71. The van der Waals surface area contributed by atoms with Crippen molar-refractivity contribution < 1.29 is 9.84 Å². The Kier molecular flexibility index (Phi) is 3.25. The highest BCUT2D eigenvalue weighted by atomic mass is 35.5. The fraction of sp³-hybridized carbons (Fsp3) is 0.143. The smallest absolute Gasteiger partial charge is 0.123 e. The van der Waals surface area contributed by atoms with Gasteiger partial charge in [0, 0.05) is 10.6 Å². The summed E-state index contributed by atoms with van der Waals surface area (Å²) >= 11 is 5.94. The maximum atomic E-state index is 9.85. The van der Waals surface area contributed by atoms with Crippen LogP contribution in [0.3, 0.4) is 0 Å². The minimum atomic E-state index is 0.225. The van der Waals surface area contributed by atoms with Crippen molar-refractivity contribution in [2.75, 3.05) is 7.11 Å². The first-order valence-corrected chi connectivity index (χ1v) is 5.63. The van der Waals surface area contributed by atoms with E-state index in [0.29, 0.717) is 5.02 Å². The highest BCUT2D eigenvalue weighted by Crippen LogP contribution is 2.34. The molecule has 0 saturated heterocycles. The summed E-state index contributed by atoms with van der Waals surface area (Å²) in [6, 6.07) is 10.7. The van der Waals surface area contributed by atoms with Crippen LogP contribution in [-0.4, -0.2) is 12.2 Å². The summed E-state index contributed by atoms with van der Waals surface area (Å²) in [4.78, 5) is 0. The Hall–Kier alpha value is -1.67. The van der Waals surface area contributed by atoms with Crippen LogP contribution in [0.2, 0.25) is 5.02 Å². The SMILES string of the molecule is COc1ccc(-c2cc(Cl)ccc2O)c(C)c1. The van der Waals surface area contributed by atoms with Crippen LogP contribution >= 0.6 is 11.6 Å². The number of halogens is 1. The van der Waals surface area contributed by atoms with Crippen LogP contribution in [-0.2, 0) is 0 Å². The van der Waals surface area contributed by atoms with E-state index in [4.69, 9.17) is 16.3 Å². The lowest BCUT2D eigenvalue weighted by Gasteiger charge is -2.10. The first kappa shape index (κ1) is 11.8. The largest absolute Gasteiger partial charge is 0.507 e. The number of phenolic OH excluding ortho intramolecular Hbond substituents is 1. The van der Waals surface area contributed by atoms with E-state index < -0.39 is 0 Å². The fourth-order valence-corrected chi connectivity index (χ4v) is 1.96. The zero-order valence-electron chi connectivity index (χ0n) is 9.70. The topological polar surface area (TPSA) is 29.5 Å². The van der Waals surface area contributed by atoms with Crippen molar-refractivity contribution in [3.05, 3.63) is 47.0 Å². The Morgan fingerprint density at radius 1 is 1.06 bits per heavy atom. The summed E-state index contributed by atoms with van der Waals surface area (Å²) in [6.45, 7) is 1.97. The predicted molar refractivity (Wildman–Crippen MR) is 69.8 cm³/mol. The maximum absolute atomic E-state index is 9.85. The third-order valence-corrected chi connectivity index (χ3v) is 2.92. The van der Waals surface area contributed by atoms with Gasteiger partial charge in [0.2, 0.25) is 0 Å². The molecule has 17 heavy (non-hydrogen) atoms. The quantitative estimate of drug-likeness (QED) is 0.870. The Morgan fingerprint density at radius 3 is 2.47 bits per heavy atom.